The van der Waals surface area contributed by atoms with Crippen LogP contribution in [0, 0.1) is 12.8 Å². The van der Waals surface area contributed by atoms with Crippen LogP contribution in [-0.4, -0.2) is 29.3 Å². The number of ether oxygens (including phenoxy) is 1. The highest BCUT2D eigenvalue weighted by Gasteiger charge is 2.46. The van der Waals surface area contributed by atoms with Crippen molar-refractivity contribution >= 4 is 16.7 Å². The Morgan fingerprint density at radius 2 is 1.81 bits per heavy atom. The van der Waals surface area contributed by atoms with Gasteiger partial charge in [-0.25, -0.2) is 5.06 Å². The minimum atomic E-state index is -0.245. The van der Waals surface area contributed by atoms with Crippen molar-refractivity contribution in [3.8, 4) is 17.0 Å². The van der Waals surface area contributed by atoms with Crippen LogP contribution in [0.3, 0.4) is 0 Å². The number of fused-ring (bicyclic) bond motifs is 5. The van der Waals surface area contributed by atoms with Gasteiger partial charge in [-0.15, -0.1) is 0 Å². The third kappa shape index (κ3) is 2.75. The number of nitrogens with zero attached hydrogens (tertiary/aromatic N) is 2. The zero-order valence-corrected chi connectivity index (χ0v) is 16.9. The van der Waals surface area contributed by atoms with Crippen molar-refractivity contribution < 1.29 is 18.9 Å². The van der Waals surface area contributed by atoms with E-state index in [9.17, 15) is 4.79 Å². The summed E-state index contributed by atoms with van der Waals surface area (Å²) in [6, 6.07) is 21.5. The van der Waals surface area contributed by atoms with Crippen LogP contribution in [0.1, 0.15) is 27.7 Å². The summed E-state index contributed by atoms with van der Waals surface area (Å²) in [4.78, 5) is 19.8. The van der Waals surface area contributed by atoms with Crippen LogP contribution in [0.2, 0.25) is 0 Å². The van der Waals surface area contributed by atoms with Crippen molar-refractivity contribution in [3.05, 3.63) is 83.6 Å². The first-order valence-corrected chi connectivity index (χ1v) is 10.3. The number of amides is 1. The monoisotopic (exact) mass is 412 g/mol. The van der Waals surface area contributed by atoms with Crippen LogP contribution in [0.5, 0.6) is 5.75 Å². The molecular formula is C25H20N2O4. The normalized spacial score (nSPS) is 19.7. The lowest BCUT2D eigenvalue weighted by Crippen LogP contribution is -2.35. The largest absolute Gasteiger partial charge is 0.493 e. The summed E-state index contributed by atoms with van der Waals surface area (Å²) in [6.45, 7) is 2.69. The van der Waals surface area contributed by atoms with Crippen molar-refractivity contribution in [3.63, 3.8) is 0 Å². The minimum absolute atomic E-state index is 0.0580. The summed E-state index contributed by atoms with van der Waals surface area (Å²) >= 11 is 0. The second-order valence-electron chi connectivity index (χ2n) is 7.97. The fourth-order valence-electron chi connectivity index (χ4n) is 4.65. The van der Waals surface area contributed by atoms with E-state index in [0.717, 1.165) is 27.6 Å². The van der Waals surface area contributed by atoms with Gasteiger partial charge >= 0.3 is 0 Å². The third-order valence-electron chi connectivity index (χ3n) is 6.13. The van der Waals surface area contributed by atoms with Gasteiger partial charge in [0.05, 0.1) is 19.3 Å². The molecule has 2 unspecified atom stereocenters. The summed E-state index contributed by atoms with van der Waals surface area (Å²) in [6.07, 6.45) is 0. The molecule has 0 spiro atoms. The van der Waals surface area contributed by atoms with Gasteiger partial charge in [-0.05, 0) is 23.8 Å². The lowest BCUT2D eigenvalue weighted by molar-refractivity contribution is -0.0966. The second kappa shape index (κ2) is 6.96. The number of benzene rings is 3. The van der Waals surface area contributed by atoms with E-state index in [4.69, 9.17) is 14.1 Å². The first kappa shape index (κ1) is 18.2. The van der Waals surface area contributed by atoms with E-state index >= 15 is 0 Å². The summed E-state index contributed by atoms with van der Waals surface area (Å²) in [7, 11) is 0. The Hall–Kier alpha value is -3.64. The molecule has 1 fully saturated rings. The molecule has 3 heterocycles. The summed E-state index contributed by atoms with van der Waals surface area (Å²) in [5.74, 6) is 1.09. The Kier molecular flexibility index (Phi) is 4.07. The fourth-order valence-corrected chi connectivity index (χ4v) is 4.65. The van der Waals surface area contributed by atoms with Crippen LogP contribution in [0.15, 0.2) is 71.3 Å². The maximum atomic E-state index is 13.8. The molecule has 0 radical (unpaired) electrons. The van der Waals surface area contributed by atoms with E-state index in [1.165, 1.54) is 5.06 Å². The number of aryl methyl sites for hydroxylation is 1. The van der Waals surface area contributed by atoms with Crippen LogP contribution in [0.4, 0.5) is 0 Å². The molecule has 3 aromatic carbocycles. The summed E-state index contributed by atoms with van der Waals surface area (Å²) in [5, 5.41) is 7.86. The Bertz CT molecular complexity index is 1300. The number of rotatable bonds is 2. The van der Waals surface area contributed by atoms with E-state index in [0.29, 0.717) is 30.2 Å². The predicted octanol–water partition coefficient (Wildman–Crippen LogP) is 4.94. The quantitative estimate of drug-likeness (QED) is 0.467. The highest BCUT2D eigenvalue weighted by Crippen LogP contribution is 2.47. The highest BCUT2D eigenvalue weighted by molar-refractivity contribution is 6.01. The van der Waals surface area contributed by atoms with Crippen molar-refractivity contribution in [1.29, 1.82) is 0 Å². The van der Waals surface area contributed by atoms with Gasteiger partial charge in [0.15, 0.2) is 0 Å². The molecular weight excluding hydrogens is 392 g/mol. The number of carbonyl (C=O) groups excluding carboxylic acids is 1. The molecule has 0 bridgehead atoms. The van der Waals surface area contributed by atoms with Gasteiger partial charge in [-0.3, -0.25) is 9.63 Å². The number of aromatic nitrogens is 1. The predicted molar refractivity (Wildman–Crippen MR) is 114 cm³/mol. The Balaban J connectivity index is 1.47. The van der Waals surface area contributed by atoms with Crippen molar-refractivity contribution in [2.24, 2.45) is 5.92 Å². The average molecular weight is 412 g/mol. The topological polar surface area (TPSA) is 64.8 Å². The second-order valence-corrected chi connectivity index (χ2v) is 7.97. The maximum absolute atomic E-state index is 13.8. The van der Waals surface area contributed by atoms with E-state index < -0.39 is 0 Å². The highest BCUT2D eigenvalue weighted by atomic mass is 16.7. The van der Waals surface area contributed by atoms with Crippen LogP contribution in [-0.2, 0) is 4.84 Å². The van der Waals surface area contributed by atoms with Gasteiger partial charge < -0.3 is 9.26 Å². The van der Waals surface area contributed by atoms with Gasteiger partial charge in [0.1, 0.15) is 22.8 Å². The van der Waals surface area contributed by atoms with E-state index in [2.05, 4.69) is 17.3 Å². The third-order valence-corrected chi connectivity index (χ3v) is 6.13. The zero-order chi connectivity index (χ0) is 20.9. The maximum Gasteiger partial charge on any atom is 0.283 e. The number of hydroxylamine groups is 2. The smallest absolute Gasteiger partial charge is 0.283 e. The molecule has 154 valence electrons. The molecule has 2 aliphatic rings. The van der Waals surface area contributed by atoms with Gasteiger partial charge in [0, 0.05) is 17.0 Å². The lowest BCUT2D eigenvalue weighted by Gasteiger charge is -2.32. The number of hydrogen-bond acceptors (Lipinski definition) is 5. The zero-order valence-electron chi connectivity index (χ0n) is 16.9. The van der Waals surface area contributed by atoms with E-state index in [-0.39, 0.29) is 17.9 Å². The Labute approximate surface area is 178 Å². The molecule has 1 aromatic heterocycles. The molecule has 0 N–H and O–H groups in total. The SMILES string of the molecule is Cc1onc(-c2ccccc2)c1C(=O)N1OCC2COc3ccc4ccccc4c3C21. The average Bonchev–Trinajstić information content (AvgIpc) is 3.42. The van der Waals surface area contributed by atoms with Crippen molar-refractivity contribution in [2.75, 3.05) is 13.2 Å². The van der Waals surface area contributed by atoms with Crippen molar-refractivity contribution in [1.82, 2.24) is 10.2 Å². The summed E-state index contributed by atoms with van der Waals surface area (Å²) in [5.41, 5.74) is 2.78. The molecule has 0 saturated carbocycles. The first-order chi connectivity index (χ1) is 15.2. The molecule has 2 atom stereocenters. The van der Waals surface area contributed by atoms with Crippen LogP contribution in [0.25, 0.3) is 22.0 Å². The number of carbonyl (C=O) groups is 1. The van der Waals surface area contributed by atoms with E-state index in [1.54, 1.807) is 6.92 Å². The van der Waals surface area contributed by atoms with Crippen LogP contribution < -0.4 is 4.74 Å². The van der Waals surface area contributed by atoms with Gasteiger partial charge in [-0.2, -0.15) is 0 Å². The van der Waals surface area contributed by atoms with E-state index in [1.807, 2.05) is 54.6 Å². The number of hydrogen-bond donors (Lipinski definition) is 0. The molecule has 1 saturated heterocycles. The minimum Gasteiger partial charge on any atom is -0.493 e. The Morgan fingerprint density at radius 1 is 1.00 bits per heavy atom. The Morgan fingerprint density at radius 3 is 2.68 bits per heavy atom. The van der Waals surface area contributed by atoms with Crippen LogP contribution >= 0.6 is 0 Å². The molecule has 31 heavy (non-hydrogen) atoms. The standard InChI is InChI=1S/C25H20N2O4/c1-15-21(23(26-31-15)17-8-3-2-4-9-17)25(28)27-24-18(14-30-27)13-29-20-12-11-16-7-5-6-10-19(16)22(20)24/h2-12,18,24H,13-14H2,1H3. The molecule has 1 amide bonds. The first-order valence-electron chi connectivity index (χ1n) is 10.3. The fraction of sp³-hybridized carbons (Fsp3) is 0.200. The van der Waals surface area contributed by atoms with Gasteiger partial charge in [-0.1, -0.05) is 65.8 Å². The van der Waals surface area contributed by atoms with Crippen molar-refractivity contribution in [2.45, 2.75) is 13.0 Å². The molecule has 2 aliphatic heterocycles. The summed E-state index contributed by atoms with van der Waals surface area (Å²) < 4.78 is 11.5. The molecule has 4 aromatic rings. The lowest BCUT2D eigenvalue weighted by atomic mass is 9.88. The molecule has 6 rings (SSSR count). The molecule has 0 aliphatic carbocycles. The van der Waals surface area contributed by atoms with Gasteiger partial charge in [0.2, 0.25) is 0 Å². The van der Waals surface area contributed by atoms with Gasteiger partial charge in [0.25, 0.3) is 5.91 Å². The molecule has 6 heteroatoms. The molecule has 6 nitrogen and oxygen atoms in total.